The van der Waals surface area contributed by atoms with Crippen LogP contribution in [0.15, 0.2) is 12.2 Å². The van der Waals surface area contributed by atoms with Crippen LogP contribution in [0.3, 0.4) is 0 Å². The molecule has 0 unspecified atom stereocenters. The van der Waals surface area contributed by atoms with Crippen LogP contribution >= 0.6 is 0 Å². The highest BCUT2D eigenvalue weighted by molar-refractivity contribution is 4.88. The minimum Gasteiger partial charge on any atom is -0.383 e. The fourth-order valence-corrected chi connectivity index (χ4v) is 1.11. The van der Waals surface area contributed by atoms with Crippen molar-refractivity contribution in [2.24, 2.45) is 0 Å². The van der Waals surface area contributed by atoms with E-state index in [4.69, 9.17) is 10.00 Å². The lowest BCUT2D eigenvalue weighted by molar-refractivity contribution is 0.149. The van der Waals surface area contributed by atoms with Gasteiger partial charge in [0.25, 0.3) is 0 Å². The van der Waals surface area contributed by atoms with Crippen molar-refractivity contribution in [1.29, 1.82) is 5.26 Å². The van der Waals surface area contributed by atoms with Crippen LogP contribution in [0, 0.1) is 11.3 Å². The van der Waals surface area contributed by atoms with Crippen LogP contribution in [-0.4, -0.2) is 38.3 Å². The summed E-state index contributed by atoms with van der Waals surface area (Å²) in [6, 6.07) is 2.16. The number of methoxy groups -OCH3 is 1. The summed E-state index contributed by atoms with van der Waals surface area (Å²) in [7, 11) is 1.70. The predicted octanol–water partition coefficient (Wildman–Crippen LogP) is 1.81. The van der Waals surface area contributed by atoms with E-state index in [0.29, 0.717) is 6.42 Å². The normalized spacial score (nSPS) is 10.1. The van der Waals surface area contributed by atoms with E-state index in [2.05, 4.69) is 17.5 Å². The molecule has 3 heteroatoms. The first kappa shape index (κ1) is 13.2. The fourth-order valence-electron chi connectivity index (χ4n) is 1.11. The Morgan fingerprint density at radius 1 is 1.43 bits per heavy atom. The first-order valence-electron chi connectivity index (χ1n) is 4.93. The molecule has 0 fully saturated rings. The van der Waals surface area contributed by atoms with Crippen LogP contribution in [0.1, 0.15) is 19.8 Å². The van der Waals surface area contributed by atoms with Crippen LogP contribution in [0.5, 0.6) is 0 Å². The van der Waals surface area contributed by atoms with E-state index in [1.807, 2.05) is 6.92 Å². The zero-order valence-electron chi connectivity index (χ0n) is 9.25. The molecule has 0 aromatic rings. The molecule has 0 heterocycles. The third-order valence-electron chi connectivity index (χ3n) is 2.01. The molecule has 0 amide bonds. The third kappa shape index (κ3) is 7.78. The SMILES string of the molecule is C=C(C)CCN(CCC#N)CCOC. The van der Waals surface area contributed by atoms with Crippen LogP contribution in [0.4, 0.5) is 0 Å². The highest BCUT2D eigenvalue weighted by atomic mass is 16.5. The number of rotatable bonds is 8. The van der Waals surface area contributed by atoms with Crippen LogP contribution in [0.25, 0.3) is 0 Å². The van der Waals surface area contributed by atoms with Gasteiger partial charge in [-0.1, -0.05) is 5.57 Å². The average Bonchev–Trinajstić information content (AvgIpc) is 2.16. The number of nitrogens with zero attached hydrogens (tertiary/aromatic N) is 2. The molecule has 0 bridgehead atoms. The maximum absolute atomic E-state index is 8.49. The van der Waals surface area contributed by atoms with Gasteiger partial charge in [0, 0.05) is 33.2 Å². The van der Waals surface area contributed by atoms with E-state index in [1.54, 1.807) is 7.11 Å². The van der Waals surface area contributed by atoms with Crippen LogP contribution in [-0.2, 0) is 4.74 Å². The lowest BCUT2D eigenvalue weighted by atomic mass is 10.2. The molecule has 80 valence electrons. The number of ether oxygens (including phenoxy) is 1. The minimum absolute atomic E-state index is 0.583. The van der Waals surface area contributed by atoms with Gasteiger partial charge in [-0.3, -0.25) is 4.90 Å². The molecule has 0 spiro atoms. The second kappa shape index (κ2) is 8.74. The van der Waals surface area contributed by atoms with Crippen molar-refractivity contribution in [1.82, 2.24) is 4.90 Å². The lowest BCUT2D eigenvalue weighted by Gasteiger charge is -2.20. The van der Waals surface area contributed by atoms with Crippen molar-refractivity contribution >= 4 is 0 Å². The molecule has 0 aromatic carbocycles. The molecule has 3 nitrogen and oxygen atoms in total. The van der Waals surface area contributed by atoms with Gasteiger partial charge in [-0.25, -0.2) is 0 Å². The Kier molecular flexibility index (Phi) is 8.20. The number of nitriles is 1. The zero-order chi connectivity index (χ0) is 10.8. The summed E-state index contributed by atoms with van der Waals surface area (Å²) in [5.74, 6) is 0. The Hall–Kier alpha value is -0.850. The molecule has 0 atom stereocenters. The fraction of sp³-hybridized carbons (Fsp3) is 0.727. The van der Waals surface area contributed by atoms with Gasteiger partial charge in [0.05, 0.1) is 12.7 Å². The van der Waals surface area contributed by atoms with E-state index in [9.17, 15) is 0 Å². The van der Waals surface area contributed by atoms with Gasteiger partial charge in [-0.15, -0.1) is 6.58 Å². The molecular formula is C11H20N2O. The van der Waals surface area contributed by atoms with Crippen molar-refractivity contribution in [3.8, 4) is 6.07 Å². The molecular weight excluding hydrogens is 176 g/mol. The topological polar surface area (TPSA) is 36.3 Å². The van der Waals surface area contributed by atoms with Gasteiger partial charge < -0.3 is 4.74 Å². The summed E-state index contributed by atoms with van der Waals surface area (Å²) in [6.45, 7) is 9.31. The molecule has 0 aliphatic carbocycles. The molecule has 0 N–H and O–H groups in total. The summed E-state index contributed by atoms with van der Waals surface area (Å²) < 4.78 is 5.01. The molecule has 0 rings (SSSR count). The Bertz CT molecular complexity index is 196. The van der Waals surface area contributed by atoms with Gasteiger partial charge >= 0.3 is 0 Å². The van der Waals surface area contributed by atoms with Crippen molar-refractivity contribution in [2.75, 3.05) is 33.4 Å². The van der Waals surface area contributed by atoms with Crippen molar-refractivity contribution < 1.29 is 4.74 Å². The highest BCUT2D eigenvalue weighted by Crippen LogP contribution is 2.00. The summed E-state index contributed by atoms with van der Waals surface area (Å²) in [5.41, 5.74) is 1.18. The molecule has 0 aliphatic rings. The van der Waals surface area contributed by atoms with Gasteiger partial charge in [-0.05, 0) is 13.3 Å². The van der Waals surface area contributed by atoms with Gasteiger partial charge in [-0.2, -0.15) is 5.26 Å². The number of hydrogen-bond donors (Lipinski definition) is 0. The minimum atomic E-state index is 0.583. The zero-order valence-corrected chi connectivity index (χ0v) is 9.25. The highest BCUT2D eigenvalue weighted by Gasteiger charge is 2.03. The molecule has 0 aromatic heterocycles. The monoisotopic (exact) mass is 196 g/mol. The van der Waals surface area contributed by atoms with E-state index < -0.39 is 0 Å². The largest absolute Gasteiger partial charge is 0.383 e. The standard InChI is InChI=1S/C11H20N2O/c1-11(2)5-8-13(7-4-6-12)9-10-14-3/h1,4-5,7-10H2,2-3H3. The number of hydrogen-bond acceptors (Lipinski definition) is 3. The van der Waals surface area contributed by atoms with E-state index in [1.165, 1.54) is 5.57 Å². The maximum atomic E-state index is 8.49. The van der Waals surface area contributed by atoms with E-state index in [-0.39, 0.29) is 0 Å². The summed E-state index contributed by atoms with van der Waals surface area (Å²) in [5, 5.41) is 8.49. The predicted molar refractivity (Wildman–Crippen MR) is 58.0 cm³/mol. The molecule has 0 radical (unpaired) electrons. The third-order valence-corrected chi connectivity index (χ3v) is 2.01. The van der Waals surface area contributed by atoms with Crippen LogP contribution in [0.2, 0.25) is 0 Å². The van der Waals surface area contributed by atoms with E-state index in [0.717, 1.165) is 32.7 Å². The first-order valence-corrected chi connectivity index (χ1v) is 4.93. The lowest BCUT2D eigenvalue weighted by Crippen LogP contribution is -2.29. The van der Waals surface area contributed by atoms with Gasteiger partial charge in [0.2, 0.25) is 0 Å². The molecule has 0 saturated carbocycles. The Morgan fingerprint density at radius 3 is 2.64 bits per heavy atom. The summed E-state index contributed by atoms with van der Waals surface area (Å²) in [4.78, 5) is 2.24. The summed E-state index contributed by atoms with van der Waals surface area (Å²) >= 11 is 0. The summed E-state index contributed by atoms with van der Waals surface area (Å²) in [6.07, 6.45) is 1.58. The maximum Gasteiger partial charge on any atom is 0.0635 e. The second-order valence-corrected chi connectivity index (χ2v) is 3.45. The Labute approximate surface area is 87.0 Å². The molecule has 0 aliphatic heterocycles. The van der Waals surface area contributed by atoms with E-state index >= 15 is 0 Å². The van der Waals surface area contributed by atoms with Crippen LogP contribution < -0.4 is 0 Å². The van der Waals surface area contributed by atoms with Crippen molar-refractivity contribution in [3.05, 3.63) is 12.2 Å². The Balaban J connectivity index is 3.72. The second-order valence-electron chi connectivity index (χ2n) is 3.45. The van der Waals surface area contributed by atoms with Gasteiger partial charge in [0.15, 0.2) is 0 Å². The Morgan fingerprint density at radius 2 is 2.14 bits per heavy atom. The van der Waals surface area contributed by atoms with Gasteiger partial charge in [0.1, 0.15) is 0 Å². The van der Waals surface area contributed by atoms with Crippen molar-refractivity contribution in [3.63, 3.8) is 0 Å². The van der Waals surface area contributed by atoms with Crippen molar-refractivity contribution in [2.45, 2.75) is 19.8 Å². The quantitative estimate of drug-likeness (QED) is 0.555. The smallest absolute Gasteiger partial charge is 0.0635 e. The molecule has 14 heavy (non-hydrogen) atoms. The molecule has 0 saturated heterocycles. The average molecular weight is 196 g/mol. The first-order chi connectivity index (χ1) is 6.70.